The second kappa shape index (κ2) is 5.97. The van der Waals surface area contributed by atoms with Gasteiger partial charge in [0.25, 0.3) is 0 Å². The molecule has 1 aromatic rings. The molecule has 1 aromatic carbocycles. The van der Waals surface area contributed by atoms with Crippen LogP contribution in [0.2, 0.25) is 5.02 Å². The first kappa shape index (κ1) is 13.1. The van der Waals surface area contributed by atoms with Crippen LogP contribution >= 0.6 is 11.6 Å². The summed E-state index contributed by atoms with van der Waals surface area (Å²) in [6, 6.07) is 5.27. The summed E-state index contributed by atoms with van der Waals surface area (Å²) in [5, 5.41) is 0.643. The summed E-state index contributed by atoms with van der Waals surface area (Å²) < 4.78 is 5.74. The smallest absolute Gasteiger partial charge is 0.144 e. The van der Waals surface area contributed by atoms with E-state index in [1.165, 1.54) is 0 Å². The lowest BCUT2D eigenvalue weighted by Crippen LogP contribution is -2.21. The Hall–Kier alpha value is -0.930. The van der Waals surface area contributed by atoms with E-state index in [0.717, 1.165) is 13.0 Å². The van der Waals surface area contributed by atoms with Crippen LogP contribution in [0.25, 0.3) is 0 Å². The molecule has 1 unspecified atom stereocenters. The van der Waals surface area contributed by atoms with Crippen molar-refractivity contribution >= 4 is 17.3 Å². The molecule has 0 radical (unpaired) electrons. The van der Waals surface area contributed by atoms with E-state index in [9.17, 15) is 0 Å². The van der Waals surface area contributed by atoms with Gasteiger partial charge in [-0.25, -0.2) is 0 Å². The average molecular weight is 243 g/mol. The van der Waals surface area contributed by atoms with Gasteiger partial charge in [0.05, 0.1) is 11.8 Å². The minimum absolute atomic E-state index is 0.128. The molecular weight excluding hydrogens is 224 g/mol. The molecule has 0 aromatic heterocycles. The molecule has 4 heteroatoms. The Bertz CT molecular complexity index is 342. The Morgan fingerprint density at radius 2 is 2.12 bits per heavy atom. The first-order valence-electron chi connectivity index (χ1n) is 5.35. The SMILES string of the molecule is CC(CCN(C)C)Oc1cc(Cl)ccc1N. The van der Waals surface area contributed by atoms with Crippen LogP contribution in [0.5, 0.6) is 5.75 Å². The quantitative estimate of drug-likeness (QED) is 0.807. The summed E-state index contributed by atoms with van der Waals surface area (Å²) in [6.45, 7) is 3.02. The van der Waals surface area contributed by atoms with Gasteiger partial charge in [0.15, 0.2) is 0 Å². The molecule has 0 aliphatic rings. The summed E-state index contributed by atoms with van der Waals surface area (Å²) >= 11 is 5.88. The maximum absolute atomic E-state index is 5.88. The number of hydrogen-bond donors (Lipinski definition) is 1. The molecule has 0 saturated heterocycles. The molecule has 0 heterocycles. The highest BCUT2D eigenvalue weighted by Gasteiger charge is 2.07. The monoisotopic (exact) mass is 242 g/mol. The maximum Gasteiger partial charge on any atom is 0.144 e. The predicted octanol–water partition coefficient (Wildman–Crippen LogP) is 2.64. The number of benzene rings is 1. The highest BCUT2D eigenvalue weighted by atomic mass is 35.5. The van der Waals surface area contributed by atoms with Crippen LogP contribution in [0, 0.1) is 0 Å². The van der Waals surface area contributed by atoms with Crippen LogP contribution in [0.1, 0.15) is 13.3 Å². The number of hydrogen-bond acceptors (Lipinski definition) is 3. The van der Waals surface area contributed by atoms with Crippen molar-refractivity contribution in [2.75, 3.05) is 26.4 Å². The Labute approximate surface area is 102 Å². The van der Waals surface area contributed by atoms with E-state index >= 15 is 0 Å². The number of ether oxygens (including phenoxy) is 1. The number of nitrogens with two attached hydrogens (primary N) is 1. The van der Waals surface area contributed by atoms with Gasteiger partial charge in [0.1, 0.15) is 5.75 Å². The topological polar surface area (TPSA) is 38.5 Å². The lowest BCUT2D eigenvalue weighted by molar-refractivity contribution is 0.195. The fraction of sp³-hybridized carbons (Fsp3) is 0.500. The molecule has 0 spiro atoms. The van der Waals surface area contributed by atoms with Crippen LogP contribution in [0.15, 0.2) is 18.2 Å². The average Bonchev–Trinajstić information content (AvgIpc) is 2.20. The predicted molar refractivity (Wildman–Crippen MR) is 69.1 cm³/mol. The van der Waals surface area contributed by atoms with Gasteiger partial charge in [0.2, 0.25) is 0 Å². The molecule has 0 bridgehead atoms. The van der Waals surface area contributed by atoms with Gasteiger partial charge >= 0.3 is 0 Å². The molecule has 0 aliphatic carbocycles. The summed E-state index contributed by atoms with van der Waals surface area (Å²) in [4.78, 5) is 2.13. The van der Waals surface area contributed by atoms with Gasteiger partial charge in [-0.2, -0.15) is 0 Å². The van der Waals surface area contributed by atoms with Gasteiger partial charge in [-0.3, -0.25) is 0 Å². The van der Waals surface area contributed by atoms with Gasteiger partial charge in [0, 0.05) is 17.6 Å². The van der Waals surface area contributed by atoms with E-state index in [1.807, 2.05) is 21.0 Å². The summed E-state index contributed by atoms with van der Waals surface area (Å²) in [5.74, 6) is 0.666. The largest absolute Gasteiger partial charge is 0.488 e. The zero-order valence-corrected chi connectivity index (χ0v) is 10.8. The first-order valence-corrected chi connectivity index (χ1v) is 5.73. The van der Waals surface area contributed by atoms with E-state index < -0.39 is 0 Å². The van der Waals surface area contributed by atoms with E-state index in [0.29, 0.717) is 16.5 Å². The fourth-order valence-electron chi connectivity index (χ4n) is 1.33. The van der Waals surface area contributed by atoms with Crippen molar-refractivity contribution in [3.63, 3.8) is 0 Å². The third kappa shape index (κ3) is 4.29. The first-order chi connectivity index (χ1) is 7.49. The second-order valence-corrected chi connectivity index (χ2v) is 4.64. The summed E-state index contributed by atoms with van der Waals surface area (Å²) in [7, 11) is 4.08. The van der Waals surface area contributed by atoms with Gasteiger partial charge in [-0.1, -0.05) is 11.6 Å². The standard InChI is InChI=1S/C12H19ClN2O/c1-9(6-7-15(2)3)16-12-8-10(13)4-5-11(12)14/h4-5,8-9H,6-7,14H2,1-3H3. The van der Waals surface area contributed by atoms with E-state index in [-0.39, 0.29) is 6.10 Å². The van der Waals surface area contributed by atoms with Crippen molar-refractivity contribution < 1.29 is 4.74 Å². The van der Waals surface area contributed by atoms with Gasteiger partial charge in [-0.05, 0) is 39.6 Å². The molecule has 3 nitrogen and oxygen atoms in total. The fourth-order valence-corrected chi connectivity index (χ4v) is 1.49. The van der Waals surface area contributed by atoms with Crippen LogP contribution in [-0.4, -0.2) is 31.6 Å². The lowest BCUT2D eigenvalue weighted by Gasteiger charge is -2.18. The Balaban J connectivity index is 2.55. The number of anilines is 1. The Morgan fingerprint density at radius 1 is 1.44 bits per heavy atom. The molecule has 16 heavy (non-hydrogen) atoms. The van der Waals surface area contributed by atoms with Crippen LogP contribution in [-0.2, 0) is 0 Å². The molecule has 2 N–H and O–H groups in total. The summed E-state index contributed by atoms with van der Waals surface area (Å²) in [5.41, 5.74) is 6.43. The van der Waals surface area contributed by atoms with Gasteiger partial charge < -0.3 is 15.4 Å². The van der Waals surface area contributed by atoms with Crippen molar-refractivity contribution in [1.82, 2.24) is 4.90 Å². The molecule has 0 amide bonds. The van der Waals surface area contributed by atoms with Crippen molar-refractivity contribution in [2.45, 2.75) is 19.4 Å². The molecular formula is C12H19ClN2O. The Morgan fingerprint density at radius 3 is 2.75 bits per heavy atom. The molecule has 90 valence electrons. The van der Waals surface area contributed by atoms with Crippen molar-refractivity contribution in [3.8, 4) is 5.75 Å². The number of halogens is 1. The molecule has 0 aliphatic heterocycles. The summed E-state index contributed by atoms with van der Waals surface area (Å²) in [6.07, 6.45) is 1.09. The lowest BCUT2D eigenvalue weighted by atomic mass is 10.2. The normalized spacial score (nSPS) is 12.8. The molecule has 1 rings (SSSR count). The van der Waals surface area contributed by atoms with Crippen molar-refractivity contribution in [1.29, 1.82) is 0 Å². The molecule has 1 atom stereocenters. The van der Waals surface area contributed by atoms with E-state index in [1.54, 1.807) is 18.2 Å². The zero-order valence-electron chi connectivity index (χ0n) is 10.0. The number of nitrogen functional groups attached to an aromatic ring is 1. The molecule has 0 fully saturated rings. The van der Waals surface area contributed by atoms with Crippen LogP contribution < -0.4 is 10.5 Å². The highest BCUT2D eigenvalue weighted by Crippen LogP contribution is 2.26. The third-order valence-corrected chi connectivity index (χ3v) is 2.52. The van der Waals surface area contributed by atoms with Crippen LogP contribution in [0.3, 0.4) is 0 Å². The van der Waals surface area contributed by atoms with E-state index in [2.05, 4.69) is 4.90 Å². The van der Waals surface area contributed by atoms with Crippen LogP contribution in [0.4, 0.5) is 5.69 Å². The van der Waals surface area contributed by atoms with Crippen molar-refractivity contribution in [2.24, 2.45) is 0 Å². The molecule has 0 saturated carbocycles. The zero-order chi connectivity index (χ0) is 12.1. The minimum atomic E-state index is 0.128. The second-order valence-electron chi connectivity index (χ2n) is 4.20. The van der Waals surface area contributed by atoms with Crippen molar-refractivity contribution in [3.05, 3.63) is 23.2 Å². The third-order valence-electron chi connectivity index (χ3n) is 2.29. The Kier molecular flexibility index (Phi) is 4.90. The van der Waals surface area contributed by atoms with Gasteiger partial charge in [-0.15, -0.1) is 0 Å². The minimum Gasteiger partial charge on any atom is -0.488 e. The van der Waals surface area contributed by atoms with E-state index in [4.69, 9.17) is 22.1 Å². The highest BCUT2D eigenvalue weighted by molar-refractivity contribution is 6.30. The number of nitrogens with zero attached hydrogens (tertiary/aromatic N) is 1. The number of rotatable bonds is 5. The maximum atomic E-state index is 5.88.